The van der Waals surface area contributed by atoms with Crippen molar-refractivity contribution >= 4 is 11.8 Å². The van der Waals surface area contributed by atoms with Gasteiger partial charge < -0.3 is 15.1 Å². The van der Waals surface area contributed by atoms with Crippen LogP contribution >= 0.6 is 0 Å². The van der Waals surface area contributed by atoms with Crippen LogP contribution in [0.5, 0.6) is 0 Å². The molecular formula is C27H35N3O2. The zero-order chi connectivity index (χ0) is 22.5. The Balaban J connectivity index is 1.29. The summed E-state index contributed by atoms with van der Waals surface area (Å²) in [6.45, 7) is 8.39. The van der Waals surface area contributed by atoms with Crippen molar-refractivity contribution in [2.24, 2.45) is 0 Å². The van der Waals surface area contributed by atoms with Gasteiger partial charge in [-0.15, -0.1) is 0 Å². The van der Waals surface area contributed by atoms with E-state index in [4.69, 9.17) is 0 Å². The molecule has 1 atom stereocenters. The van der Waals surface area contributed by atoms with Gasteiger partial charge in [0.15, 0.2) is 0 Å². The van der Waals surface area contributed by atoms with Crippen LogP contribution in [0.25, 0.3) is 0 Å². The van der Waals surface area contributed by atoms with E-state index in [2.05, 4.69) is 48.3 Å². The highest BCUT2D eigenvalue weighted by atomic mass is 16.2. The van der Waals surface area contributed by atoms with E-state index in [9.17, 15) is 9.59 Å². The first kappa shape index (κ1) is 22.5. The molecule has 0 bridgehead atoms. The average Bonchev–Trinajstić information content (AvgIpc) is 3.12. The third-order valence-electron chi connectivity index (χ3n) is 6.87. The summed E-state index contributed by atoms with van der Waals surface area (Å²) in [5, 5.41) is 3.04. The smallest absolute Gasteiger partial charge is 0.254 e. The molecule has 0 aliphatic carbocycles. The van der Waals surface area contributed by atoms with Crippen LogP contribution in [0.4, 0.5) is 0 Å². The predicted molar refractivity (Wildman–Crippen MR) is 128 cm³/mol. The van der Waals surface area contributed by atoms with Crippen molar-refractivity contribution in [2.45, 2.75) is 65.1 Å². The second-order valence-electron chi connectivity index (χ2n) is 9.22. The molecule has 2 aromatic carbocycles. The molecule has 2 aromatic rings. The molecular weight excluding hydrogens is 398 g/mol. The summed E-state index contributed by atoms with van der Waals surface area (Å²) in [6, 6.07) is 14.5. The molecule has 1 N–H and O–H groups in total. The minimum Gasteiger partial charge on any atom is -0.352 e. The minimum atomic E-state index is -0.0942. The Kier molecular flexibility index (Phi) is 7.26. The maximum absolute atomic E-state index is 12.9. The summed E-state index contributed by atoms with van der Waals surface area (Å²) in [5.41, 5.74) is 4.55. The van der Waals surface area contributed by atoms with E-state index < -0.39 is 0 Å². The molecule has 0 aromatic heterocycles. The number of hydrogen-bond acceptors (Lipinski definition) is 3. The van der Waals surface area contributed by atoms with E-state index in [1.165, 1.54) is 37.8 Å². The first-order valence-corrected chi connectivity index (χ1v) is 12.0. The lowest BCUT2D eigenvalue weighted by atomic mass is 10.00. The zero-order valence-corrected chi connectivity index (χ0v) is 19.4. The van der Waals surface area contributed by atoms with Crippen molar-refractivity contribution < 1.29 is 9.59 Å². The second-order valence-corrected chi connectivity index (χ2v) is 9.22. The quantitative estimate of drug-likeness (QED) is 0.622. The maximum atomic E-state index is 12.9. The van der Waals surface area contributed by atoms with E-state index in [0.717, 1.165) is 24.1 Å². The van der Waals surface area contributed by atoms with Crippen LogP contribution in [0, 0.1) is 6.92 Å². The van der Waals surface area contributed by atoms with Gasteiger partial charge in [0.05, 0.1) is 0 Å². The fourth-order valence-corrected chi connectivity index (χ4v) is 4.95. The van der Waals surface area contributed by atoms with Gasteiger partial charge in [0.2, 0.25) is 0 Å². The van der Waals surface area contributed by atoms with Gasteiger partial charge in [0.1, 0.15) is 0 Å². The number of amides is 2. The van der Waals surface area contributed by atoms with Crippen molar-refractivity contribution in [1.82, 2.24) is 15.1 Å². The molecule has 170 valence electrons. The number of hydrogen-bond donors (Lipinski definition) is 1. The Hall–Kier alpha value is -2.66. The number of carbonyl (C=O) groups excluding carboxylic acids is 2. The summed E-state index contributed by atoms with van der Waals surface area (Å²) < 4.78 is 0. The van der Waals surface area contributed by atoms with Gasteiger partial charge in [0.25, 0.3) is 11.8 Å². The van der Waals surface area contributed by atoms with Gasteiger partial charge in [0, 0.05) is 43.3 Å². The van der Waals surface area contributed by atoms with E-state index in [1.54, 1.807) is 6.07 Å². The van der Waals surface area contributed by atoms with Crippen LogP contribution in [-0.4, -0.2) is 47.3 Å². The Labute approximate surface area is 191 Å². The molecule has 0 spiro atoms. The topological polar surface area (TPSA) is 52.7 Å². The first-order chi connectivity index (χ1) is 15.5. The maximum Gasteiger partial charge on any atom is 0.254 e. The number of carbonyl (C=O) groups is 2. The third kappa shape index (κ3) is 5.21. The van der Waals surface area contributed by atoms with Gasteiger partial charge >= 0.3 is 0 Å². The third-order valence-corrected chi connectivity index (χ3v) is 6.87. The number of benzene rings is 2. The van der Waals surface area contributed by atoms with Gasteiger partial charge in [-0.2, -0.15) is 0 Å². The van der Waals surface area contributed by atoms with E-state index in [0.29, 0.717) is 36.8 Å². The highest BCUT2D eigenvalue weighted by Gasteiger charge is 2.28. The van der Waals surface area contributed by atoms with Gasteiger partial charge in [-0.25, -0.2) is 0 Å². The molecule has 1 saturated heterocycles. The number of likely N-dealkylation sites (tertiary alicyclic amines) is 1. The summed E-state index contributed by atoms with van der Waals surface area (Å²) in [4.78, 5) is 30.0. The summed E-state index contributed by atoms with van der Waals surface area (Å²) in [6.07, 6.45) is 6.08. The number of nitrogens with zero attached hydrogens (tertiary/aromatic N) is 2. The fraction of sp³-hybridized carbons (Fsp3) is 0.481. The molecule has 5 heteroatoms. The van der Waals surface area contributed by atoms with Crippen LogP contribution in [-0.2, 0) is 13.1 Å². The van der Waals surface area contributed by atoms with Crippen molar-refractivity contribution in [2.75, 3.05) is 19.6 Å². The van der Waals surface area contributed by atoms with Crippen molar-refractivity contribution in [3.63, 3.8) is 0 Å². The van der Waals surface area contributed by atoms with Crippen LogP contribution in [0.15, 0.2) is 42.5 Å². The van der Waals surface area contributed by atoms with Crippen molar-refractivity contribution in [3.8, 4) is 0 Å². The number of fused-ring (bicyclic) bond motifs is 1. The highest BCUT2D eigenvalue weighted by Crippen LogP contribution is 2.26. The molecule has 0 radical (unpaired) electrons. The largest absolute Gasteiger partial charge is 0.352 e. The molecule has 32 heavy (non-hydrogen) atoms. The summed E-state index contributed by atoms with van der Waals surface area (Å²) in [5.74, 6) is -0.0887. The van der Waals surface area contributed by atoms with Crippen LogP contribution in [0.3, 0.4) is 0 Å². The molecule has 2 aliphatic heterocycles. The lowest BCUT2D eigenvalue weighted by Crippen LogP contribution is -2.40. The van der Waals surface area contributed by atoms with E-state index in [1.807, 2.05) is 17.0 Å². The van der Waals surface area contributed by atoms with Crippen LogP contribution < -0.4 is 5.32 Å². The number of aryl methyl sites for hydroxylation is 1. The SMILES string of the molecule is CCC1CCCCN1CCCNC(=O)c1ccc2c(c1)C(=O)N(Cc1ccc(C)cc1)C2. The highest BCUT2D eigenvalue weighted by molar-refractivity contribution is 6.02. The fourth-order valence-electron chi connectivity index (χ4n) is 4.95. The first-order valence-electron chi connectivity index (χ1n) is 12.0. The molecule has 4 rings (SSSR count). The molecule has 1 unspecified atom stereocenters. The number of rotatable bonds is 8. The average molecular weight is 434 g/mol. The van der Waals surface area contributed by atoms with Crippen molar-refractivity contribution in [1.29, 1.82) is 0 Å². The van der Waals surface area contributed by atoms with Crippen LogP contribution in [0.1, 0.15) is 76.4 Å². The lowest BCUT2D eigenvalue weighted by molar-refractivity contribution is 0.0766. The molecule has 5 nitrogen and oxygen atoms in total. The molecule has 2 amide bonds. The Morgan fingerprint density at radius 3 is 2.72 bits per heavy atom. The normalized spacial score (nSPS) is 18.6. The Morgan fingerprint density at radius 2 is 1.94 bits per heavy atom. The predicted octanol–water partition coefficient (Wildman–Crippen LogP) is 4.54. The van der Waals surface area contributed by atoms with E-state index in [-0.39, 0.29) is 11.8 Å². The second kappa shape index (κ2) is 10.3. The van der Waals surface area contributed by atoms with Gasteiger partial charge in [-0.1, -0.05) is 49.2 Å². The summed E-state index contributed by atoms with van der Waals surface area (Å²) >= 11 is 0. The lowest BCUT2D eigenvalue weighted by Gasteiger charge is -2.35. The zero-order valence-electron chi connectivity index (χ0n) is 19.4. The Morgan fingerprint density at radius 1 is 1.12 bits per heavy atom. The molecule has 2 aliphatic rings. The van der Waals surface area contributed by atoms with Crippen molar-refractivity contribution in [3.05, 3.63) is 70.3 Å². The molecule has 2 heterocycles. The van der Waals surface area contributed by atoms with Crippen LogP contribution in [0.2, 0.25) is 0 Å². The van der Waals surface area contributed by atoms with E-state index >= 15 is 0 Å². The molecule has 1 fully saturated rings. The minimum absolute atomic E-state index is 0.00549. The number of piperidine rings is 1. The summed E-state index contributed by atoms with van der Waals surface area (Å²) in [7, 11) is 0. The van der Waals surface area contributed by atoms with Gasteiger partial charge in [-0.3, -0.25) is 9.59 Å². The molecule has 0 saturated carbocycles. The van der Waals surface area contributed by atoms with Gasteiger partial charge in [-0.05, 0) is 62.4 Å². The Bertz CT molecular complexity index is 954. The number of nitrogens with one attached hydrogen (secondary N) is 1. The monoisotopic (exact) mass is 433 g/mol. The standard InChI is InChI=1S/C27H35N3O2/c1-3-24-7-4-5-15-29(24)16-6-14-28-26(31)22-12-13-23-19-30(27(32)25(23)17-22)18-21-10-8-20(2)9-11-21/h8-13,17,24H,3-7,14-16,18-19H2,1-2H3,(H,28,31).